The maximum absolute atomic E-state index is 13.4. The second kappa shape index (κ2) is 68.8. The summed E-state index contributed by atoms with van der Waals surface area (Å²) in [5.41, 5.74) is 0. The van der Waals surface area contributed by atoms with Crippen LogP contribution in [0.5, 0.6) is 0 Å². The monoisotopic (exact) mass is 1390 g/mol. The molecule has 2 heterocycles. The van der Waals surface area contributed by atoms with E-state index in [0.717, 1.165) is 51.4 Å². The van der Waals surface area contributed by atoms with Gasteiger partial charge >= 0.3 is 0 Å². The van der Waals surface area contributed by atoms with Crippen molar-refractivity contribution in [2.75, 3.05) is 19.8 Å². The first-order chi connectivity index (χ1) is 48.1. The summed E-state index contributed by atoms with van der Waals surface area (Å²) < 4.78 is 23.0. The molecule has 2 fully saturated rings. The number of aliphatic hydroxyl groups is 8. The molecule has 2 aliphatic rings. The molecular formula is C84H163NO13. The Labute approximate surface area is 603 Å². The summed E-state index contributed by atoms with van der Waals surface area (Å²) in [6.07, 6.45) is 71.4. The number of aliphatic hydroxyl groups excluding tert-OH is 8. The van der Waals surface area contributed by atoms with Crippen molar-refractivity contribution in [1.29, 1.82) is 0 Å². The van der Waals surface area contributed by atoms with E-state index < -0.39 is 86.8 Å². The van der Waals surface area contributed by atoms with Crippen LogP contribution in [0.25, 0.3) is 0 Å². The van der Waals surface area contributed by atoms with Gasteiger partial charge in [-0.25, -0.2) is 0 Å². The Balaban J connectivity index is 1.56. The number of carbonyl (C=O) groups excluding carboxylic acids is 1. The van der Waals surface area contributed by atoms with Gasteiger partial charge in [0.1, 0.15) is 48.8 Å². The highest BCUT2D eigenvalue weighted by atomic mass is 16.7. The highest BCUT2D eigenvalue weighted by Gasteiger charge is 2.51. The molecule has 2 saturated heterocycles. The van der Waals surface area contributed by atoms with Gasteiger partial charge in [0.2, 0.25) is 5.91 Å². The number of carbonyl (C=O) groups is 1. The number of hydrogen-bond acceptors (Lipinski definition) is 13. The molecule has 582 valence electrons. The largest absolute Gasteiger partial charge is 0.394 e. The fourth-order valence-corrected chi connectivity index (χ4v) is 14.7. The molecule has 0 aliphatic carbocycles. The number of unbranched alkanes of at least 4 members (excludes halogenated alkanes) is 59. The van der Waals surface area contributed by atoms with E-state index in [1.165, 1.54) is 347 Å². The summed E-state index contributed by atoms with van der Waals surface area (Å²) in [6, 6.07) is -0.827. The fraction of sp³-hybridized carbons (Fsp3) is 0.964. The van der Waals surface area contributed by atoms with Crippen LogP contribution in [0, 0.1) is 0 Å². The van der Waals surface area contributed by atoms with Crippen molar-refractivity contribution in [1.82, 2.24) is 5.32 Å². The maximum atomic E-state index is 13.4. The van der Waals surface area contributed by atoms with E-state index in [1.807, 2.05) is 0 Å². The zero-order chi connectivity index (χ0) is 70.8. The quantitative estimate of drug-likeness (QED) is 0.0204. The Morgan fingerprint density at radius 2 is 0.643 bits per heavy atom. The van der Waals surface area contributed by atoms with Crippen molar-refractivity contribution in [2.45, 2.75) is 498 Å². The lowest BCUT2D eigenvalue weighted by Gasteiger charge is -2.46. The standard InChI is InChI=1S/C84H163NO13/c1-3-5-7-9-11-13-15-17-19-21-23-25-27-29-31-32-33-34-35-36-37-38-39-40-42-44-46-48-50-52-54-56-58-60-62-64-66-68-76(89)85-72(71-95-83-81(94)79(92)82(75(70-87)97-83)98-84-80(93)78(91)77(90)74(69-86)96-84)73(88)67-65-63-61-59-57-55-53-51-49-47-45-43-41-30-28-26-24-22-20-18-16-14-12-10-8-6-4-2/h21,23,72-75,77-84,86-88,90-94H,3-20,22,24-71H2,1-2H3,(H,85,89)/b23-21-. The number of ether oxygens (including phenoxy) is 4. The first-order valence-corrected chi connectivity index (χ1v) is 42.9. The average molecular weight is 1400 g/mol. The third-order valence-corrected chi connectivity index (χ3v) is 21.5. The van der Waals surface area contributed by atoms with Gasteiger partial charge in [-0.2, -0.15) is 0 Å². The van der Waals surface area contributed by atoms with Gasteiger partial charge in [0.15, 0.2) is 12.6 Å². The van der Waals surface area contributed by atoms with Gasteiger partial charge in [-0.15, -0.1) is 0 Å². The van der Waals surface area contributed by atoms with Gasteiger partial charge in [-0.05, 0) is 38.5 Å². The lowest BCUT2D eigenvalue weighted by molar-refractivity contribution is -0.359. The Kier molecular flexibility index (Phi) is 65.2. The zero-order valence-electron chi connectivity index (χ0n) is 64.1. The summed E-state index contributed by atoms with van der Waals surface area (Å²) in [5.74, 6) is -0.195. The van der Waals surface area contributed by atoms with E-state index in [2.05, 4.69) is 31.3 Å². The highest BCUT2D eigenvalue weighted by Crippen LogP contribution is 2.31. The van der Waals surface area contributed by atoms with Crippen molar-refractivity contribution in [3.05, 3.63) is 12.2 Å². The molecule has 0 radical (unpaired) electrons. The summed E-state index contributed by atoms with van der Waals surface area (Å²) >= 11 is 0. The number of amides is 1. The molecule has 0 bridgehead atoms. The normalized spacial score (nSPS) is 22.0. The number of nitrogens with one attached hydrogen (secondary N) is 1. The summed E-state index contributed by atoms with van der Waals surface area (Å²) in [6.45, 7) is 2.94. The predicted molar refractivity (Wildman–Crippen MR) is 406 cm³/mol. The lowest BCUT2D eigenvalue weighted by Crippen LogP contribution is -2.65. The van der Waals surface area contributed by atoms with E-state index in [0.29, 0.717) is 12.8 Å². The summed E-state index contributed by atoms with van der Waals surface area (Å²) in [4.78, 5) is 13.4. The van der Waals surface area contributed by atoms with Gasteiger partial charge in [0.25, 0.3) is 0 Å². The van der Waals surface area contributed by atoms with Crippen molar-refractivity contribution in [2.24, 2.45) is 0 Å². The first-order valence-electron chi connectivity index (χ1n) is 42.9. The number of allylic oxidation sites excluding steroid dienone is 2. The highest BCUT2D eigenvalue weighted by molar-refractivity contribution is 5.76. The second-order valence-electron chi connectivity index (χ2n) is 30.7. The minimum atomic E-state index is -1.78. The molecule has 0 aromatic carbocycles. The fourth-order valence-electron chi connectivity index (χ4n) is 14.7. The molecule has 9 N–H and O–H groups in total. The number of rotatable bonds is 74. The van der Waals surface area contributed by atoms with Gasteiger partial charge in [0.05, 0.1) is 32.0 Å². The SMILES string of the molecule is CCCCCCCCCC/C=C\CCCCCCCCCCCCCCCCCCCCCCCCCCCC(=O)NC(COC1OC(CO)C(OC2OC(CO)C(O)C(O)C2O)C(O)C1O)C(O)CCCCCCCCCCCCCCCCCCCCCCCCCCCCC. The van der Waals surface area contributed by atoms with E-state index in [4.69, 9.17) is 18.9 Å². The van der Waals surface area contributed by atoms with Crippen LogP contribution in [-0.4, -0.2) is 140 Å². The lowest BCUT2D eigenvalue weighted by atomic mass is 9.97. The van der Waals surface area contributed by atoms with Crippen LogP contribution in [0.15, 0.2) is 12.2 Å². The van der Waals surface area contributed by atoms with E-state index in [9.17, 15) is 45.6 Å². The van der Waals surface area contributed by atoms with Crippen LogP contribution in [0.4, 0.5) is 0 Å². The van der Waals surface area contributed by atoms with Crippen molar-refractivity contribution in [3.63, 3.8) is 0 Å². The molecule has 0 aromatic heterocycles. The first kappa shape index (κ1) is 92.8. The zero-order valence-corrected chi connectivity index (χ0v) is 64.1. The second-order valence-corrected chi connectivity index (χ2v) is 30.7. The van der Waals surface area contributed by atoms with Crippen LogP contribution in [0.1, 0.15) is 425 Å². The van der Waals surface area contributed by atoms with Crippen molar-refractivity contribution in [3.8, 4) is 0 Å². The minimum absolute atomic E-state index is 0.195. The third-order valence-electron chi connectivity index (χ3n) is 21.5. The van der Waals surface area contributed by atoms with E-state index in [-0.39, 0.29) is 12.5 Å². The van der Waals surface area contributed by atoms with E-state index >= 15 is 0 Å². The van der Waals surface area contributed by atoms with Crippen LogP contribution in [0.2, 0.25) is 0 Å². The van der Waals surface area contributed by atoms with Crippen LogP contribution in [0.3, 0.4) is 0 Å². The summed E-state index contributed by atoms with van der Waals surface area (Å²) in [7, 11) is 0. The summed E-state index contributed by atoms with van der Waals surface area (Å²) in [5, 5.41) is 88.0. The average Bonchev–Trinajstić information content (AvgIpc) is 0.793. The predicted octanol–water partition coefficient (Wildman–Crippen LogP) is 20.0. The van der Waals surface area contributed by atoms with Crippen LogP contribution >= 0.6 is 0 Å². The Bertz CT molecular complexity index is 1690. The molecule has 98 heavy (non-hydrogen) atoms. The van der Waals surface area contributed by atoms with Crippen molar-refractivity contribution >= 4 is 5.91 Å². The molecular weight excluding hydrogens is 1230 g/mol. The van der Waals surface area contributed by atoms with Gasteiger partial charge in [-0.3, -0.25) is 4.79 Å². The Morgan fingerprint density at radius 3 is 0.969 bits per heavy atom. The Morgan fingerprint density at radius 1 is 0.357 bits per heavy atom. The van der Waals surface area contributed by atoms with Crippen LogP contribution < -0.4 is 5.32 Å². The molecule has 1 amide bonds. The molecule has 14 heteroatoms. The molecule has 0 spiro atoms. The topological polar surface area (TPSA) is 228 Å². The maximum Gasteiger partial charge on any atom is 0.220 e. The molecule has 2 rings (SSSR count). The molecule has 14 nitrogen and oxygen atoms in total. The van der Waals surface area contributed by atoms with Crippen LogP contribution in [-0.2, 0) is 23.7 Å². The minimum Gasteiger partial charge on any atom is -0.394 e. The van der Waals surface area contributed by atoms with Gasteiger partial charge < -0.3 is 65.1 Å². The number of hydrogen-bond donors (Lipinski definition) is 9. The molecule has 12 unspecified atom stereocenters. The van der Waals surface area contributed by atoms with Gasteiger partial charge in [0, 0.05) is 6.42 Å². The molecule has 0 saturated carbocycles. The Hall–Kier alpha value is -1.27. The van der Waals surface area contributed by atoms with E-state index in [1.54, 1.807) is 0 Å². The third kappa shape index (κ3) is 51.0. The molecule has 12 atom stereocenters. The van der Waals surface area contributed by atoms with Gasteiger partial charge in [-0.1, -0.05) is 392 Å². The molecule has 2 aliphatic heterocycles. The van der Waals surface area contributed by atoms with Crippen molar-refractivity contribution < 1.29 is 64.6 Å². The smallest absolute Gasteiger partial charge is 0.220 e. The molecule has 0 aromatic rings.